The van der Waals surface area contributed by atoms with Crippen molar-refractivity contribution >= 4 is 11.6 Å². The lowest BCUT2D eigenvalue weighted by molar-refractivity contribution is 0.322. The molecule has 1 atom stereocenters. The second-order valence-electron chi connectivity index (χ2n) is 5.72. The van der Waals surface area contributed by atoms with E-state index in [2.05, 4.69) is 38.1 Å². The second kappa shape index (κ2) is 5.44. The number of alkyl halides is 1. The molecular formula is C16H23Cl. The summed E-state index contributed by atoms with van der Waals surface area (Å²) in [6.45, 7) is 4.56. The molecule has 0 amide bonds. The molecule has 2 rings (SSSR count). The quantitative estimate of drug-likeness (QED) is 0.619. The van der Waals surface area contributed by atoms with E-state index < -0.39 is 0 Å². The van der Waals surface area contributed by atoms with Crippen LogP contribution in [-0.2, 0) is 6.42 Å². The molecule has 0 N–H and O–H groups in total. The summed E-state index contributed by atoms with van der Waals surface area (Å²) in [5, 5.41) is 0.181. The Morgan fingerprint density at radius 1 is 1.18 bits per heavy atom. The maximum Gasteiger partial charge on any atom is 0.0638 e. The SMILES string of the molecule is CCCc1ccc(C(Cl)C2(C)CCCC2)cc1. The molecule has 0 bridgehead atoms. The van der Waals surface area contributed by atoms with Gasteiger partial charge >= 0.3 is 0 Å². The highest BCUT2D eigenvalue weighted by atomic mass is 35.5. The smallest absolute Gasteiger partial charge is 0.0638 e. The molecule has 0 nitrogen and oxygen atoms in total. The Kier molecular flexibility index (Phi) is 4.14. The van der Waals surface area contributed by atoms with Crippen LogP contribution in [-0.4, -0.2) is 0 Å². The minimum Gasteiger partial charge on any atom is -0.117 e. The minimum absolute atomic E-state index is 0.181. The zero-order chi connectivity index (χ0) is 12.3. The third kappa shape index (κ3) is 2.85. The largest absolute Gasteiger partial charge is 0.117 e. The number of aryl methyl sites for hydroxylation is 1. The van der Waals surface area contributed by atoms with Crippen molar-refractivity contribution in [1.29, 1.82) is 0 Å². The van der Waals surface area contributed by atoms with E-state index in [0.29, 0.717) is 5.41 Å². The van der Waals surface area contributed by atoms with E-state index in [1.807, 2.05) is 0 Å². The van der Waals surface area contributed by atoms with Gasteiger partial charge in [0.2, 0.25) is 0 Å². The molecule has 17 heavy (non-hydrogen) atoms. The Morgan fingerprint density at radius 2 is 1.76 bits per heavy atom. The number of benzene rings is 1. The van der Waals surface area contributed by atoms with Crippen LogP contribution in [0.2, 0.25) is 0 Å². The van der Waals surface area contributed by atoms with Gasteiger partial charge in [-0.2, -0.15) is 0 Å². The summed E-state index contributed by atoms with van der Waals surface area (Å²) in [6, 6.07) is 8.94. The van der Waals surface area contributed by atoms with Gasteiger partial charge in [-0.3, -0.25) is 0 Å². The molecule has 0 radical (unpaired) electrons. The summed E-state index contributed by atoms with van der Waals surface area (Å²) < 4.78 is 0. The van der Waals surface area contributed by atoms with E-state index in [1.165, 1.54) is 49.7 Å². The summed E-state index contributed by atoms with van der Waals surface area (Å²) >= 11 is 6.68. The van der Waals surface area contributed by atoms with E-state index in [9.17, 15) is 0 Å². The third-order valence-electron chi connectivity index (χ3n) is 4.17. The summed E-state index contributed by atoms with van der Waals surface area (Å²) in [5.41, 5.74) is 3.04. The lowest BCUT2D eigenvalue weighted by Crippen LogP contribution is -2.17. The molecule has 0 aliphatic heterocycles. The van der Waals surface area contributed by atoms with Crippen LogP contribution in [0.5, 0.6) is 0 Å². The van der Waals surface area contributed by atoms with Crippen LogP contribution >= 0.6 is 11.6 Å². The molecule has 0 spiro atoms. The van der Waals surface area contributed by atoms with Crippen molar-refractivity contribution < 1.29 is 0 Å². The Balaban J connectivity index is 2.11. The van der Waals surface area contributed by atoms with Gasteiger partial charge in [-0.25, -0.2) is 0 Å². The monoisotopic (exact) mass is 250 g/mol. The van der Waals surface area contributed by atoms with E-state index >= 15 is 0 Å². The number of hydrogen-bond acceptors (Lipinski definition) is 0. The highest BCUT2D eigenvalue weighted by Crippen LogP contribution is 2.50. The molecule has 1 fully saturated rings. The van der Waals surface area contributed by atoms with Gasteiger partial charge in [0, 0.05) is 0 Å². The van der Waals surface area contributed by atoms with Gasteiger partial charge in [0.15, 0.2) is 0 Å². The number of rotatable bonds is 4. The van der Waals surface area contributed by atoms with Crippen molar-refractivity contribution in [2.45, 2.75) is 57.7 Å². The molecule has 0 aromatic heterocycles. The molecule has 1 unspecified atom stereocenters. The standard InChI is InChI=1S/C16H23Cl/c1-3-6-13-7-9-14(10-8-13)15(17)16(2)11-4-5-12-16/h7-10,15H,3-6,11-12H2,1-2H3. The average Bonchev–Trinajstić information content (AvgIpc) is 2.78. The fourth-order valence-electron chi connectivity index (χ4n) is 2.98. The first-order valence-corrected chi connectivity index (χ1v) is 7.32. The highest BCUT2D eigenvalue weighted by Gasteiger charge is 2.36. The Bertz CT molecular complexity index is 346. The van der Waals surface area contributed by atoms with Crippen molar-refractivity contribution in [1.82, 2.24) is 0 Å². The van der Waals surface area contributed by atoms with Crippen LogP contribution < -0.4 is 0 Å². The van der Waals surface area contributed by atoms with Gasteiger partial charge < -0.3 is 0 Å². The highest BCUT2D eigenvalue weighted by molar-refractivity contribution is 6.21. The molecule has 0 heterocycles. The van der Waals surface area contributed by atoms with Crippen LogP contribution in [0, 0.1) is 5.41 Å². The summed E-state index contributed by atoms with van der Waals surface area (Å²) in [6.07, 6.45) is 7.61. The van der Waals surface area contributed by atoms with Crippen LogP contribution in [0.1, 0.15) is 62.5 Å². The Labute approximate surface area is 110 Å². The molecule has 94 valence electrons. The van der Waals surface area contributed by atoms with E-state index in [1.54, 1.807) is 0 Å². The fraction of sp³-hybridized carbons (Fsp3) is 0.625. The first-order chi connectivity index (χ1) is 8.15. The van der Waals surface area contributed by atoms with Gasteiger partial charge in [-0.05, 0) is 35.8 Å². The van der Waals surface area contributed by atoms with Gasteiger partial charge in [-0.15, -0.1) is 11.6 Å². The molecule has 1 aliphatic carbocycles. The van der Waals surface area contributed by atoms with Gasteiger partial charge in [-0.1, -0.05) is 57.4 Å². The topological polar surface area (TPSA) is 0 Å². The first-order valence-electron chi connectivity index (χ1n) is 6.88. The van der Waals surface area contributed by atoms with E-state index in [-0.39, 0.29) is 5.38 Å². The van der Waals surface area contributed by atoms with Crippen LogP contribution in [0.15, 0.2) is 24.3 Å². The normalized spacial score (nSPS) is 20.4. The van der Waals surface area contributed by atoms with Gasteiger partial charge in [0.1, 0.15) is 0 Å². The van der Waals surface area contributed by atoms with Crippen molar-refractivity contribution in [2.24, 2.45) is 5.41 Å². The molecule has 1 aliphatic rings. The van der Waals surface area contributed by atoms with Crippen molar-refractivity contribution in [3.8, 4) is 0 Å². The maximum atomic E-state index is 6.68. The van der Waals surface area contributed by atoms with Crippen LogP contribution in [0.4, 0.5) is 0 Å². The van der Waals surface area contributed by atoms with Crippen molar-refractivity contribution in [3.63, 3.8) is 0 Å². The fourth-order valence-corrected chi connectivity index (χ4v) is 3.34. The lowest BCUT2D eigenvalue weighted by Gasteiger charge is -2.29. The molecule has 0 saturated heterocycles. The van der Waals surface area contributed by atoms with E-state index in [0.717, 1.165) is 0 Å². The molecule has 1 saturated carbocycles. The van der Waals surface area contributed by atoms with Gasteiger partial charge in [0.25, 0.3) is 0 Å². The third-order valence-corrected chi connectivity index (χ3v) is 4.95. The number of halogens is 1. The summed E-state index contributed by atoms with van der Waals surface area (Å²) in [5.74, 6) is 0. The number of hydrogen-bond donors (Lipinski definition) is 0. The average molecular weight is 251 g/mol. The predicted molar refractivity (Wildman–Crippen MR) is 75.6 cm³/mol. The molecule has 1 aromatic carbocycles. The zero-order valence-corrected chi connectivity index (χ0v) is 11.8. The maximum absolute atomic E-state index is 6.68. The predicted octanol–water partition coefficient (Wildman–Crippen LogP) is 5.50. The van der Waals surface area contributed by atoms with Gasteiger partial charge in [0.05, 0.1) is 5.38 Å². The zero-order valence-electron chi connectivity index (χ0n) is 11.0. The van der Waals surface area contributed by atoms with Crippen molar-refractivity contribution in [2.75, 3.05) is 0 Å². The second-order valence-corrected chi connectivity index (χ2v) is 6.15. The van der Waals surface area contributed by atoms with E-state index in [4.69, 9.17) is 11.6 Å². The first kappa shape index (κ1) is 13.0. The summed E-state index contributed by atoms with van der Waals surface area (Å²) in [4.78, 5) is 0. The Hall–Kier alpha value is -0.490. The molecule has 1 heteroatoms. The lowest BCUT2D eigenvalue weighted by atomic mass is 9.81. The summed E-state index contributed by atoms with van der Waals surface area (Å²) in [7, 11) is 0. The Morgan fingerprint density at radius 3 is 2.29 bits per heavy atom. The van der Waals surface area contributed by atoms with Crippen LogP contribution in [0.25, 0.3) is 0 Å². The minimum atomic E-state index is 0.181. The van der Waals surface area contributed by atoms with Crippen molar-refractivity contribution in [3.05, 3.63) is 35.4 Å². The molecular weight excluding hydrogens is 228 g/mol. The molecule has 1 aromatic rings. The van der Waals surface area contributed by atoms with Crippen LogP contribution in [0.3, 0.4) is 0 Å².